The van der Waals surface area contributed by atoms with Crippen LogP contribution in [0.1, 0.15) is 24.5 Å². The summed E-state index contributed by atoms with van der Waals surface area (Å²) < 4.78 is 3.40. The maximum absolute atomic E-state index is 13.6. The lowest BCUT2D eigenvalue weighted by Gasteiger charge is -2.18. The zero-order valence-electron chi connectivity index (χ0n) is 21.1. The van der Waals surface area contributed by atoms with E-state index in [-0.39, 0.29) is 28.6 Å². The van der Waals surface area contributed by atoms with Crippen molar-refractivity contribution < 1.29 is 4.79 Å². The van der Waals surface area contributed by atoms with Crippen LogP contribution in [0, 0.1) is 5.92 Å². The molecule has 0 saturated heterocycles. The van der Waals surface area contributed by atoms with Crippen LogP contribution in [0.3, 0.4) is 0 Å². The molecule has 3 aromatic heterocycles. The molecule has 0 aliphatic carbocycles. The van der Waals surface area contributed by atoms with E-state index in [4.69, 9.17) is 28.2 Å². The highest BCUT2D eigenvalue weighted by atomic mass is 35.5. The first kappa shape index (κ1) is 25.1. The lowest BCUT2D eigenvalue weighted by molar-refractivity contribution is -0.113. The Morgan fingerprint density at radius 3 is 2.75 bits per heavy atom. The van der Waals surface area contributed by atoms with Gasteiger partial charge in [0.25, 0.3) is 5.56 Å². The zero-order valence-corrected chi connectivity index (χ0v) is 23.4. The van der Waals surface area contributed by atoms with E-state index in [2.05, 4.69) is 27.5 Å². The summed E-state index contributed by atoms with van der Waals surface area (Å²) >= 11 is 13.9. The first-order chi connectivity index (χ1) is 19.3. The average molecular weight is 590 g/mol. The number of carbonyl (C=O) groups excluding carboxylic acids is 1. The largest absolute Gasteiger partial charge is 0.340 e. The zero-order chi connectivity index (χ0) is 27.5. The standard InChI is InChI=1S/C28H21Cl2N7O2S/c1-14-6-18-7-16(19-10-17(29)3-5-22(19)36-12-24(30)34-35-36)9-26(39)37(18)27(14)28-31-11-21(33-28)15-2-4-20-23(8-15)40-13-25(38)32-20/h2-5,7-12,14,27H,6,13H2,1H3,(H,31,33)(H,32,38)/t14-,27-/m0/s1. The van der Waals surface area contributed by atoms with Crippen molar-refractivity contribution in [3.63, 3.8) is 0 Å². The number of rotatable bonds is 4. The second kappa shape index (κ2) is 9.65. The molecule has 2 aliphatic rings. The number of imidazole rings is 1. The number of thioether (sulfide) groups is 1. The van der Waals surface area contributed by atoms with Gasteiger partial charge in [-0.15, -0.1) is 16.9 Å². The van der Waals surface area contributed by atoms with Gasteiger partial charge in [-0.3, -0.25) is 9.59 Å². The average Bonchev–Trinajstić information content (AvgIpc) is 3.66. The fraction of sp³-hybridized carbons (Fsp3) is 0.179. The first-order valence-corrected chi connectivity index (χ1v) is 14.3. The molecule has 0 bridgehead atoms. The smallest absolute Gasteiger partial charge is 0.252 e. The minimum atomic E-state index is -0.232. The lowest BCUT2D eigenvalue weighted by Crippen LogP contribution is -2.25. The summed E-state index contributed by atoms with van der Waals surface area (Å²) in [5, 5.41) is 11.7. The summed E-state index contributed by atoms with van der Waals surface area (Å²) in [6.07, 6.45) is 4.12. The fourth-order valence-corrected chi connectivity index (χ4v) is 6.67. The van der Waals surface area contributed by atoms with Gasteiger partial charge in [0.2, 0.25) is 5.91 Å². The Morgan fingerprint density at radius 1 is 1.05 bits per heavy atom. The molecule has 5 aromatic rings. The minimum Gasteiger partial charge on any atom is -0.340 e. The van der Waals surface area contributed by atoms with Crippen LogP contribution in [-0.2, 0) is 11.2 Å². The van der Waals surface area contributed by atoms with Gasteiger partial charge in [-0.2, -0.15) is 0 Å². The number of H-pyrrole nitrogens is 1. The second-order valence-corrected chi connectivity index (χ2v) is 11.8. The number of halogens is 2. The van der Waals surface area contributed by atoms with Gasteiger partial charge in [0, 0.05) is 32.8 Å². The van der Waals surface area contributed by atoms with Crippen molar-refractivity contribution in [2.45, 2.75) is 24.3 Å². The van der Waals surface area contributed by atoms with Gasteiger partial charge < -0.3 is 14.9 Å². The van der Waals surface area contributed by atoms with Crippen LogP contribution in [-0.4, -0.2) is 41.2 Å². The molecule has 5 heterocycles. The van der Waals surface area contributed by atoms with Gasteiger partial charge in [0.05, 0.1) is 41.3 Å². The third-order valence-corrected chi connectivity index (χ3v) is 8.74. The van der Waals surface area contributed by atoms with Gasteiger partial charge >= 0.3 is 0 Å². The fourth-order valence-electron chi connectivity index (χ4n) is 5.53. The number of hydrogen-bond donors (Lipinski definition) is 2. The summed E-state index contributed by atoms with van der Waals surface area (Å²) in [6.45, 7) is 2.12. The van der Waals surface area contributed by atoms with E-state index < -0.39 is 0 Å². The number of anilines is 1. The van der Waals surface area contributed by atoms with E-state index in [0.29, 0.717) is 22.9 Å². The van der Waals surface area contributed by atoms with Crippen molar-refractivity contribution in [1.82, 2.24) is 29.5 Å². The third-order valence-electron chi connectivity index (χ3n) is 7.28. The molecule has 7 rings (SSSR count). The molecule has 2 aromatic carbocycles. The molecule has 0 unspecified atom stereocenters. The number of aromatic nitrogens is 6. The molecule has 9 nitrogen and oxygen atoms in total. The topological polar surface area (TPSA) is 110 Å². The predicted octanol–water partition coefficient (Wildman–Crippen LogP) is 5.62. The van der Waals surface area contributed by atoms with E-state index in [0.717, 1.165) is 44.5 Å². The molecule has 12 heteroatoms. The Hall–Kier alpha value is -3.86. The van der Waals surface area contributed by atoms with E-state index >= 15 is 0 Å². The Kier molecular flexibility index (Phi) is 6.06. The Labute approximate surface area is 242 Å². The third kappa shape index (κ3) is 4.32. The maximum atomic E-state index is 13.6. The Morgan fingerprint density at radius 2 is 1.93 bits per heavy atom. The summed E-state index contributed by atoms with van der Waals surface area (Å²) in [4.78, 5) is 34.5. The number of hydrogen-bond acceptors (Lipinski definition) is 6. The number of benzene rings is 2. The monoisotopic (exact) mass is 589 g/mol. The van der Waals surface area contributed by atoms with Crippen LogP contribution in [0.2, 0.25) is 10.2 Å². The molecular formula is C28H21Cl2N7O2S. The summed E-state index contributed by atoms with van der Waals surface area (Å²) in [7, 11) is 0. The number of nitrogens with one attached hydrogen (secondary N) is 2. The molecule has 0 fully saturated rings. The summed E-state index contributed by atoms with van der Waals surface area (Å²) in [6, 6.07) is 14.7. The van der Waals surface area contributed by atoms with E-state index in [9.17, 15) is 9.59 Å². The number of pyridine rings is 1. The number of aromatic amines is 1. The van der Waals surface area contributed by atoms with Crippen LogP contribution >= 0.6 is 35.0 Å². The summed E-state index contributed by atoms with van der Waals surface area (Å²) in [5.41, 5.74) is 5.66. The highest BCUT2D eigenvalue weighted by Crippen LogP contribution is 2.39. The maximum Gasteiger partial charge on any atom is 0.252 e. The van der Waals surface area contributed by atoms with Gasteiger partial charge in [0.1, 0.15) is 5.82 Å². The summed E-state index contributed by atoms with van der Waals surface area (Å²) in [5.74, 6) is 1.28. The van der Waals surface area contributed by atoms with Crippen molar-refractivity contribution in [1.29, 1.82) is 0 Å². The molecule has 200 valence electrons. The van der Waals surface area contributed by atoms with E-state index in [1.165, 1.54) is 11.8 Å². The van der Waals surface area contributed by atoms with Crippen molar-refractivity contribution in [3.05, 3.63) is 93.0 Å². The lowest BCUT2D eigenvalue weighted by atomic mass is 10.0. The van der Waals surface area contributed by atoms with Gasteiger partial charge in [-0.25, -0.2) is 9.67 Å². The van der Waals surface area contributed by atoms with Crippen molar-refractivity contribution in [2.75, 3.05) is 11.1 Å². The molecule has 1 amide bonds. The van der Waals surface area contributed by atoms with Gasteiger partial charge in [-0.1, -0.05) is 41.4 Å². The molecule has 40 heavy (non-hydrogen) atoms. The second-order valence-electron chi connectivity index (χ2n) is 9.95. The quantitative estimate of drug-likeness (QED) is 0.281. The van der Waals surface area contributed by atoms with Crippen LogP contribution in [0.25, 0.3) is 28.1 Å². The molecule has 0 radical (unpaired) electrons. The number of fused-ring (bicyclic) bond motifs is 2. The van der Waals surface area contributed by atoms with Crippen LogP contribution in [0.5, 0.6) is 0 Å². The highest BCUT2D eigenvalue weighted by Gasteiger charge is 2.34. The first-order valence-electron chi connectivity index (χ1n) is 12.6. The van der Waals surface area contributed by atoms with Crippen LogP contribution < -0.4 is 10.9 Å². The number of amides is 1. The van der Waals surface area contributed by atoms with Gasteiger partial charge in [-0.05, 0) is 54.3 Å². The van der Waals surface area contributed by atoms with Crippen molar-refractivity contribution in [2.24, 2.45) is 5.92 Å². The normalized spacial score (nSPS) is 17.9. The SMILES string of the molecule is C[C@H]1Cc2cc(-c3cc(Cl)ccc3-n3cc(Cl)nn3)cc(=O)n2[C@@H]1c1ncc(-c2ccc3c(c2)SCC(=O)N3)[nH]1. The molecule has 2 aliphatic heterocycles. The van der Waals surface area contributed by atoms with E-state index in [1.54, 1.807) is 29.2 Å². The number of carbonyl (C=O) groups is 1. The molecule has 0 spiro atoms. The van der Waals surface area contributed by atoms with Crippen LogP contribution in [0.15, 0.2) is 70.6 Å². The van der Waals surface area contributed by atoms with Crippen LogP contribution in [0.4, 0.5) is 5.69 Å². The molecule has 2 N–H and O–H groups in total. The highest BCUT2D eigenvalue weighted by molar-refractivity contribution is 8.00. The molecule has 0 saturated carbocycles. The molecular weight excluding hydrogens is 569 g/mol. The Balaban J connectivity index is 1.25. The van der Waals surface area contributed by atoms with E-state index in [1.807, 2.05) is 41.0 Å². The predicted molar refractivity (Wildman–Crippen MR) is 155 cm³/mol. The number of nitrogens with zero attached hydrogens (tertiary/aromatic N) is 5. The minimum absolute atomic E-state index is 0.00550. The van der Waals surface area contributed by atoms with Gasteiger partial charge in [0.15, 0.2) is 5.15 Å². The van der Waals surface area contributed by atoms with Crippen molar-refractivity contribution >= 4 is 46.6 Å². The Bertz CT molecular complexity index is 1880. The molecule has 2 atom stereocenters. The van der Waals surface area contributed by atoms with Crippen molar-refractivity contribution in [3.8, 4) is 28.1 Å².